The van der Waals surface area contributed by atoms with Gasteiger partial charge in [-0.05, 0) is 86.2 Å². The van der Waals surface area contributed by atoms with Gasteiger partial charge in [-0.2, -0.15) is 0 Å². The van der Waals surface area contributed by atoms with E-state index in [-0.39, 0.29) is 17.6 Å². The first-order valence-electron chi connectivity index (χ1n) is 11.4. The molecule has 6 rings (SSSR count). The van der Waals surface area contributed by atoms with Crippen LogP contribution in [0.5, 0.6) is 0 Å². The number of amides is 2. The van der Waals surface area contributed by atoms with Gasteiger partial charge in [-0.25, -0.2) is 4.98 Å². The van der Waals surface area contributed by atoms with Crippen LogP contribution < -0.4 is 11.1 Å². The summed E-state index contributed by atoms with van der Waals surface area (Å²) in [5.74, 6) is 2.39. The maximum absolute atomic E-state index is 13.3. The van der Waals surface area contributed by atoms with Gasteiger partial charge in [0, 0.05) is 12.2 Å². The van der Waals surface area contributed by atoms with E-state index in [2.05, 4.69) is 24.1 Å². The van der Waals surface area contributed by atoms with Crippen LogP contribution in [0.4, 0.5) is 0 Å². The van der Waals surface area contributed by atoms with Gasteiger partial charge in [0.1, 0.15) is 17.0 Å². The summed E-state index contributed by atoms with van der Waals surface area (Å²) in [6, 6.07) is 5.49. The lowest BCUT2D eigenvalue weighted by Crippen LogP contribution is -2.50. The summed E-state index contributed by atoms with van der Waals surface area (Å²) in [5.41, 5.74) is 7.00. The van der Waals surface area contributed by atoms with Crippen LogP contribution in [-0.4, -0.2) is 27.2 Å². The Balaban J connectivity index is 1.37. The fourth-order valence-electron chi connectivity index (χ4n) is 7.02. The highest BCUT2D eigenvalue weighted by molar-refractivity contribution is 5.95. The Kier molecular flexibility index (Phi) is 4.64. The number of rotatable bonds is 6. The van der Waals surface area contributed by atoms with Crippen LogP contribution in [-0.2, 0) is 0 Å². The summed E-state index contributed by atoms with van der Waals surface area (Å²) in [4.78, 5) is 29.0. The quantitative estimate of drug-likeness (QED) is 0.762. The molecule has 2 amide bonds. The van der Waals surface area contributed by atoms with Gasteiger partial charge in [-0.15, -0.1) is 0 Å². The predicted octanol–water partition coefficient (Wildman–Crippen LogP) is 3.79. The number of pyridine rings is 1. The van der Waals surface area contributed by atoms with Crippen molar-refractivity contribution in [3.8, 4) is 0 Å². The van der Waals surface area contributed by atoms with Crippen molar-refractivity contribution in [2.45, 2.75) is 64.8 Å². The molecule has 4 saturated carbocycles. The van der Waals surface area contributed by atoms with Crippen LogP contribution in [0.1, 0.15) is 79.8 Å². The minimum atomic E-state index is -0.591. The molecule has 4 aliphatic carbocycles. The maximum Gasteiger partial charge on any atom is 0.268 e. The molecular weight excluding hydrogens is 376 g/mol. The van der Waals surface area contributed by atoms with Crippen LogP contribution in [0.25, 0.3) is 5.65 Å². The first kappa shape index (κ1) is 19.6. The smallest absolute Gasteiger partial charge is 0.268 e. The third kappa shape index (κ3) is 3.40. The number of nitrogens with one attached hydrogen (secondary N) is 1. The van der Waals surface area contributed by atoms with Crippen LogP contribution in [0, 0.1) is 29.1 Å². The summed E-state index contributed by atoms with van der Waals surface area (Å²) in [5, 5.41) is 3.33. The van der Waals surface area contributed by atoms with Crippen molar-refractivity contribution in [3.05, 3.63) is 35.8 Å². The minimum absolute atomic E-state index is 0.113. The van der Waals surface area contributed by atoms with Crippen molar-refractivity contribution in [3.63, 3.8) is 0 Å². The zero-order valence-electron chi connectivity index (χ0n) is 17.9. The SMILES string of the molecule is CC(C)C(CC12CC3CC(CC(C3)C1)C2)NC(=O)c1cccc2nc(C(N)=O)cn12. The first-order chi connectivity index (χ1) is 14.3. The molecule has 4 aliphatic rings. The highest BCUT2D eigenvalue weighted by Crippen LogP contribution is 2.61. The number of nitrogens with zero attached hydrogens (tertiary/aromatic N) is 2. The van der Waals surface area contributed by atoms with Crippen molar-refractivity contribution < 1.29 is 9.59 Å². The maximum atomic E-state index is 13.3. The van der Waals surface area contributed by atoms with Crippen LogP contribution in [0.3, 0.4) is 0 Å². The second-order valence-corrected chi connectivity index (χ2v) is 10.6. The Morgan fingerprint density at radius 3 is 2.37 bits per heavy atom. The molecule has 3 N–H and O–H groups in total. The lowest BCUT2D eigenvalue weighted by atomic mass is 9.48. The fraction of sp³-hybridized carbons (Fsp3) is 0.625. The second-order valence-electron chi connectivity index (χ2n) is 10.6. The number of fused-ring (bicyclic) bond motifs is 1. The third-order valence-electron chi connectivity index (χ3n) is 7.92. The van der Waals surface area contributed by atoms with Gasteiger partial charge in [-0.1, -0.05) is 19.9 Å². The fourth-order valence-corrected chi connectivity index (χ4v) is 7.02. The Hall–Kier alpha value is -2.37. The molecule has 30 heavy (non-hydrogen) atoms. The number of imidazole rings is 1. The summed E-state index contributed by atoms with van der Waals surface area (Å²) < 4.78 is 1.66. The Morgan fingerprint density at radius 1 is 1.17 bits per heavy atom. The summed E-state index contributed by atoms with van der Waals surface area (Å²) in [7, 11) is 0. The van der Waals surface area contributed by atoms with Gasteiger partial charge >= 0.3 is 0 Å². The van der Waals surface area contributed by atoms with E-state index in [1.807, 2.05) is 0 Å². The van der Waals surface area contributed by atoms with Crippen LogP contribution >= 0.6 is 0 Å². The molecule has 2 aromatic rings. The summed E-state index contributed by atoms with van der Waals surface area (Å²) >= 11 is 0. The minimum Gasteiger partial charge on any atom is -0.364 e. The zero-order chi connectivity index (χ0) is 21.0. The predicted molar refractivity (Wildman–Crippen MR) is 115 cm³/mol. The van der Waals surface area contributed by atoms with Gasteiger partial charge in [-0.3, -0.25) is 14.0 Å². The highest BCUT2D eigenvalue weighted by atomic mass is 16.2. The first-order valence-corrected chi connectivity index (χ1v) is 11.4. The molecule has 0 radical (unpaired) electrons. The van der Waals surface area contributed by atoms with Gasteiger partial charge in [0.15, 0.2) is 0 Å². The number of nitrogens with two attached hydrogens (primary N) is 1. The lowest BCUT2D eigenvalue weighted by Gasteiger charge is -2.58. The molecule has 6 nitrogen and oxygen atoms in total. The molecule has 0 saturated heterocycles. The van der Waals surface area contributed by atoms with E-state index in [0.29, 0.717) is 22.7 Å². The Labute approximate surface area is 177 Å². The molecule has 0 aliphatic heterocycles. The van der Waals surface area contributed by atoms with E-state index in [1.54, 1.807) is 28.8 Å². The van der Waals surface area contributed by atoms with Gasteiger partial charge < -0.3 is 11.1 Å². The Morgan fingerprint density at radius 2 is 1.80 bits per heavy atom. The van der Waals surface area contributed by atoms with Crippen molar-refractivity contribution in [2.75, 3.05) is 0 Å². The summed E-state index contributed by atoms with van der Waals surface area (Å²) in [6.07, 6.45) is 11.0. The molecule has 0 aromatic carbocycles. The van der Waals surface area contributed by atoms with E-state index in [4.69, 9.17) is 5.73 Å². The largest absolute Gasteiger partial charge is 0.364 e. The molecule has 2 aromatic heterocycles. The average Bonchev–Trinajstić information content (AvgIpc) is 3.10. The molecule has 6 heteroatoms. The van der Waals surface area contributed by atoms with Crippen molar-refractivity contribution in [2.24, 2.45) is 34.8 Å². The number of carbonyl (C=O) groups is 2. The number of aromatic nitrogens is 2. The number of hydrogen-bond acceptors (Lipinski definition) is 3. The van der Waals surface area contributed by atoms with Gasteiger partial charge in [0.25, 0.3) is 11.8 Å². The van der Waals surface area contributed by atoms with Crippen molar-refractivity contribution in [1.82, 2.24) is 14.7 Å². The summed E-state index contributed by atoms with van der Waals surface area (Å²) in [6.45, 7) is 4.41. The molecule has 1 atom stereocenters. The monoisotopic (exact) mass is 408 g/mol. The van der Waals surface area contributed by atoms with E-state index in [9.17, 15) is 9.59 Å². The molecule has 2 heterocycles. The van der Waals surface area contributed by atoms with Crippen molar-refractivity contribution in [1.29, 1.82) is 0 Å². The molecule has 0 spiro atoms. The van der Waals surface area contributed by atoms with Crippen LogP contribution in [0.15, 0.2) is 24.4 Å². The van der Waals surface area contributed by atoms with Crippen molar-refractivity contribution >= 4 is 17.5 Å². The van der Waals surface area contributed by atoms with Crippen LogP contribution in [0.2, 0.25) is 0 Å². The van der Waals surface area contributed by atoms with Gasteiger partial charge in [0.2, 0.25) is 0 Å². The van der Waals surface area contributed by atoms with E-state index in [1.165, 1.54) is 38.5 Å². The second kappa shape index (κ2) is 7.10. The lowest BCUT2D eigenvalue weighted by molar-refractivity contribution is -0.0637. The average molecular weight is 409 g/mol. The normalized spacial score (nSPS) is 30.7. The van der Waals surface area contributed by atoms with Gasteiger partial charge in [0.05, 0.1) is 0 Å². The molecule has 160 valence electrons. The number of carbonyl (C=O) groups excluding carboxylic acids is 2. The highest BCUT2D eigenvalue weighted by Gasteiger charge is 2.51. The standard InChI is InChI=1S/C24H32N4O2/c1-14(2)18(12-24-9-15-6-16(10-24)8-17(7-15)11-24)27-23(30)20-4-3-5-21-26-19(22(25)29)13-28(20)21/h3-5,13-18H,6-12H2,1-2H3,(H2,25,29)(H,27,30). The zero-order valence-corrected chi connectivity index (χ0v) is 17.9. The number of primary amides is 1. The topological polar surface area (TPSA) is 89.5 Å². The van der Waals surface area contributed by atoms with E-state index < -0.39 is 5.91 Å². The van der Waals surface area contributed by atoms with E-state index in [0.717, 1.165) is 24.2 Å². The molecular formula is C24H32N4O2. The molecule has 1 unspecified atom stereocenters. The van der Waals surface area contributed by atoms with E-state index >= 15 is 0 Å². The molecule has 4 fully saturated rings. The third-order valence-corrected chi connectivity index (χ3v) is 7.92. The Bertz CT molecular complexity index is 957. The number of hydrogen-bond donors (Lipinski definition) is 2. The molecule has 4 bridgehead atoms.